The summed E-state index contributed by atoms with van der Waals surface area (Å²) in [6, 6.07) is 0. The van der Waals surface area contributed by atoms with E-state index in [-0.39, 0.29) is 25.1 Å². The Bertz CT molecular complexity index is 559. The van der Waals surface area contributed by atoms with E-state index in [1.165, 1.54) is 38.5 Å². The van der Waals surface area contributed by atoms with Crippen LogP contribution < -0.4 is 0 Å². The third kappa shape index (κ3) is 26.6. The molecule has 6 nitrogen and oxygen atoms in total. The molecule has 0 aromatic rings. The molecule has 0 fully saturated rings. The quantitative estimate of drug-likeness (QED) is 0.0832. The summed E-state index contributed by atoms with van der Waals surface area (Å²) in [6.07, 6.45) is 23.5. The topological polar surface area (TPSA) is 65.1 Å². The maximum Gasteiger partial charge on any atom is 0.508 e. The summed E-state index contributed by atoms with van der Waals surface area (Å²) in [7, 11) is 4.03. The first-order chi connectivity index (χ1) is 17.0. The van der Waals surface area contributed by atoms with Crippen LogP contribution in [0.2, 0.25) is 0 Å². The van der Waals surface area contributed by atoms with Gasteiger partial charge in [0.2, 0.25) is 0 Å². The van der Waals surface area contributed by atoms with Gasteiger partial charge in [0.15, 0.2) is 0 Å². The van der Waals surface area contributed by atoms with E-state index in [1.54, 1.807) is 0 Å². The molecule has 6 heteroatoms. The molecule has 0 aliphatic carbocycles. The van der Waals surface area contributed by atoms with Gasteiger partial charge in [0.05, 0.1) is 13.2 Å². The summed E-state index contributed by atoms with van der Waals surface area (Å²) < 4.78 is 15.4. The van der Waals surface area contributed by atoms with E-state index in [9.17, 15) is 9.59 Å². The highest BCUT2D eigenvalue weighted by Gasteiger charge is 2.11. The minimum Gasteiger partial charge on any atom is -0.465 e. The molecule has 0 aromatic carbocycles. The van der Waals surface area contributed by atoms with Crippen LogP contribution in [-0.2, 0) is 19.0 Å². The first-order valence-corrected chi connectivity index (χ1v) is 13.9. The van der Waals surface area contributed by atoms with Crippen LogP contribution in [-0.4, -0.2) is 57.5 Å². The van der Waals surface area contributed by atoms with Gasteiger partial charge < -0.3 is 19.1 Å². The molecule has 0 bridgehead atoms. The zero-order chi connectivity index (χ0) is 26.0. The van der Waals surface area contributed by atoms with Gasteiger partial charge in [0.1, 0.15) is 6.61 Å². The van der Waals surface area contributed by atoms with Gasteiger partial charge in [-0.1, -0.05) is 70.3 Å². The monoisotopic (exact) mass is 495 g/mol. The van der Waals surface area contributed by atoms with Crippen molar-refractivity contribution >= 4 is 12.1 Å². The SMILES string of the molecule is CCCCC/C=C\C/C=C\CCCCCCCC(=O)OCC(C)COC(=O)OCCCCN(C)C. The van der Waals surface area contributed by atoms with Crippen molar-refractivity contribution in [3.8, 4) is 0 Å². The van der Waals surface area contributed by atoms with E-state index >= 15 is 0 Å². The molecule has 204 valence electrons. The summed E-state index contributed by atoms with van der Waals surface area (Å²) in [6.45, 7) is 5.90. The standard InChI is InChI=1S/C29H53NO5/c1-5-6-7-8-9-10-11-12-13-14-15-16-17-18-19-22-28(31)34-25-27(2)26-35-29(32)33-24-21-20-23-30(3)4/h9-10,12-13,27H,5-8,11,14-26H2,1-4H3/b10-9-,13-12-. The van der Waals surface area contributed by atoms with Crippen LogP contribution in [0.3, 0.4) is 0 Å². The van der Waals surface area contributed by atoms with Crippen molar-refractivity contribution in [1.29, 1.82) is 0 Å². The smallest absolute Gasteiger partial charge is 0.465 e. The van der Waals surface area contributed by atoms with Crippen LogP contribution in [0.1, 0.15) is 104 Å². The number of hydrogen-bond donors (Lipinski definition) is 0. The van der Waals surface area contributed by atoms with Gasteiger partial charge >= 0.3 is 12.1 Å². The molecule has 0 amide bonds. The Kier molecular flexibility index (Phi) is 24.0. The first kappa shape index (κ1) is 33.2. The normalized spacial score (nSPS) is 12.5. The zero-order valence-electron chi connectivity index (χ0n) is 23.1. The van der Waals surface area contributed by atoms with E-state index in [1.807, 2.05) is 21.0 Å². The van der Waals surface area contributed by atoms with Crippen LogP contribution in [0.15, 0.2) is 24.3 Å². The van der Waals surface area contributed by atoms with Crippen molar-refractivity contribution in [2.75, 3.05) is 40.5 Å². The maximum absolute atomic E-state index is 11.9. The van der Waals surface area contributed by atoms with Crippen LogP contribution >= 0.6 is 0 Å². The van der Waals surface area contributed by atoms with E-state index in [2.05, 4.69) is 36.1 Å². The molecule has 0 rings (SSSR count). The molecule has 0 N–H and O–H groups in total. The average Bonchev–Trinajstić information content (AvgIpc) is 2.83. The lowest BCUT2D eigenvalue weighted by Gasteiger charge is -2.13. The Morgan fingerprint density at radius 3 is 2.06 bits per heavy atom. The molecule has 0 aliphatic rings. The van der Waals surface area contributed by atoms with Gasteiger partial charge in [-0.15, -0.1) is 0 Å². The van der Waals surface area contributed by atoms with Crippen molar-refractivity contribution in [3.05, 3.63) is 24.3 Å². The van der Waals surface area contributed by atoms with Gasteiger partial charge in [0.25, 0.3) is 0 Å². The third-order valence-corrected chi connectivity index (χ3v) is 5.57. The fourth-order valence-electron chi connectivity index (χ4n) is 3.37. The van der Waals surface area contributed by atoms with E-state index in [0.29, 0.717) is 13.0 Å². The molecule has 0 saturated carbocycles. The minimum absolute atomic E-state index is 0.0511. The molecule has 1 unspecified atom stereocenters. The lowest BCUT2D eigenvalue weighted by Crippen LogP contribution is -2.19. The summed E-state index contributed by atoms with van der Waals surface area (Å²) in [5.74, 6) is -0.226. The number of carbonyl (C=O) groups excluding carboxylic acids is 2. The van der Waals surface area contributed by atoms with E-state index in [0.717, 1.165) is 51.5 Å². The van der Waals surface area contributed by atoms with Crippen LogP contribution in [0.4, 0.5) is 4.79 Å². The highest BCUT2D eigenvalue weighted by Crippen LogP contribution is 2.09. The summed E-state index contributed by atoms with van der Waals surface area (Å²) >= 11 is 0. The molecule has 1 atom stereocenters. The first-order valence-electron chi connectivity index (χ1n) is 13.9. The third-order valence-electron chi connectivity index (χ3n) is 5.57. The number of carbonyl (C=O) groups is 2. The van der Waals surface area contributed by atoms with Crippen molar-refractivity contribution in [2.24, 2.45) is 5.92 Å². The maximum atomic E-state index is 11.9. The fourth-order valence-corrected chi connectivity index (χ4v) is 3.37. The Balaban J connectivity index is 3.50. The van der Waals surface area contributed by atoms with E-state index in [4.69, 9.17) is 14.2 Å². The Labute approximate surface area is 215 Å². The van der Waals surface area contributed by atoms with Gasteiger partial charge in [-0.25, -0.2) is 4.79 Å². The summed E-state index contributed by atoms with van der Waals surface area (Å²) in [5.41, 5.74) is 0. The number of esters is 1. The molecular weight excluding hydrogens is 442 g/mol. The molecule has 0 aromatic heterocycles. The van der Waals surface area contributed by atoms with Crippen molar-refractivity contribution in [1.82, 2.24) is 4.90 Å². The molecule has 0 heterocycles. The minimum atomic E-state index is -0.654. The average molecular weight is 496 g/mol. The largest absolute Gasteiger partial charge is 0.508 e. The van der Waals surface area contributed by atoms with Gasteiger partial charge in [-0.2, -0.15) is 0 Å². The summed E-state index contributed by atoms with van der Waals surface area (Å²) in [4.78, 5) is 25.6. The predicted octanol–water partition coefficient (Wildman–Crippen LogP) is 7.47. The lowest BCUT2D eigenvalue weighted by atomic mass is 10.1. The highest BCUT2D eigenvalue weighted by atomic mass is 16.7. The van der Waals surface area contributed by atoms with Crippen LogP contribution in [0.5, 0.6) is 0 Å². The second-order valence-electron chi connectivity index (χ2n) is 9.69. The lowest BCUT2D eigenvalue weighted by molar-refractivity contribution is -0.145. The molecule has 35 heavy (non-hydrogen) atoms. The van der Waals surface area contributed by atoms with Crippen molar-refractivity contribution < 1.29 is 23.8 Å². The van der Waals surface area contributed by atoms with Crippen molar-refractivity contribution in [2.45, 2.75) is 104 Å². The molecule has 0 radical (unpaired) electrons. The number of nitrogens with zero attached hydrogens (tertiary/aromatic N) is 1. The number of hydrogen-bond acceptors (Lipinski definition) is 6. The van der Waals surface area contributed by atoms with Gasteiger partial charge in [0, 0.05) is 12.3 Å². The van der Waals surface area contributed by atoms with E-state index < -0.39 is 6.16 Å². The van der Waals surface area contributed by atoms with Crippen LogP contribution in [0, 0.1) is 5.92 Å². The molecular formula is C29H53NO5. The molecule has 0 spiro atoms. The molecule has 0 saturated heterocycles. The number of unbranched alkanes of at least 4 members (excludes halogenated alkanes) is 9. The number of ether oxygens (including phenoxy) is 3. The Hall–Kier alpha value is -1.82. The number of allylic oxidation sites excluding steroid dienone is 4. The number of rotatable bonds is 23. The second kappa shape index (κ2) is 25.3. The fraction of sp³-hybridized carbons (Fsp3) is 0.793. The second-order valence-corrected chi connectivity index (χ2v) is 9.69. The van der Waals surface area contributed by atoms with Crippen molar-refractivity contribution in [3.63, 3.8) is 0 Å². The predicted molar refractivity (Wildman–Crippen MR) is 145 cm³/mol. The van der Waals surface area contributed by atoms with Gasteiger partial charge in [-0.3, -0.25) is 4.79 Å². The Morgan fingerprint density at radius 2 is 1.37 bits per heavy atom. The molecule has 0 aliphatic heterocycles. The zero-order valence-corrected chi connectivity index (χ0v) is 23.1. The highest BCUT2D eigenvalue weighted by molar-refractivity contribution is 5.69. The van der Waals surface area contributed by atoms with Gasteiger partial charge in [-0.05, 0) is 72.0 Å². The Morgan fingerprint density at radius 1 is 0.743 bits per heavy atom. The van der Waals surface area contributed by atoms with Crippen LogP contribution in [0.25, 0.3) is 0 Å². The summed E-state index contributed by atoms with van der Waals surface area (Å²) in [5, 5.41) is 0.